The highest BCUT2D eigenvalue weighted by Gasteiger charge is 2.49. The van der Waals surface area contributed by atoms with Crippen LogP contribution in [0.3, 0.4) is 0 Å². The Morgan fingerprint density at radius 3 is 2.11 bits per heavy atom. The predicted octanol–water partition coefficient (Wildman–Crippen LogP) is 3.31. The molecule has 0 saturated heterocycles. The fraction of sp³-hybridized carbons (Fsp3) is 0.364. The number of carbonyl (C=O) groups excluding carboxylic acids is 2. The van der Waals surface area contributed by atoms with Gasteiger partial charge in [0.1, 0.15) is 0 Å². The molecule has 0 saturated carbocycles. The number of ether oxygens (including phenoxy) is 4. The molecule has 0 spiro atoms. The minimum absolute atomic E-state index is 0.135. The molecule has 148 valence electrons. The van der Waals surface area contributed by atoms with E-state index in [4.69, 9.17) is 18.9 Å². The van der Waals surface area contributed by atoms with Gasteiger partial charge in [0.25, 0.3) is 0 Å². The Kier molecular flexibility index (Phi) is 6.19. The summed E-state index contributed by atoms with van der Waals surface area (Å²) in [4.78, 5) is 26.1. The zero-order chi connectivity index (χ0) is 20.0. The summed E-state index contributed by atoms with van der Waals surface area (Å²) in [6.07, 6.45) is 0.316. The summed E-state index contributed by atoms with van der Waals surface area (Å²) in [5.74, 6) is 0.0634. The standard InChI is InChI=1S/C22H24O6/c1-3-25-20(23)22(21(24)26-4-2,13-16-8-6-5-7-9-16)14-17-10-11-18-19(12-17)28-15-27-18/h5-12H,3-4,13-15H2,1-2H3. The molecule has 6 nitrogen and oxygen atoms in total. The summed E-state index contributed by atoms with van der Waals surface area (Å²) in [5, 5.41) is 0. The molecule has 1 aliphatic heterocycles. The maximum Gasteiger partial charge on any atom is 0.324 e. The first-order valence-corrected chi connectivity index (χ1v) is 9.36. The number of carbonyl (C=O) groups is 2. The van der Waals surface area contributed by atoms with Crippen LogP contribution in [0.2, 0.25) is 0 Å². The van der Waals surface area contributed by atoms with Crippen molar-refractivity contribution in [1.29, 1.82) is 0 Å². The van der Waals surface area contributed by atoms with E-state index < -0.39 is 17.4 Å². The lowest BCUT2D eigenvalue weighted by atomic mass is 9.76. The molecule has 28 heavy (non-hydrogen) atoms. The molecule has 0 unspecified atom stereocenters. The number of fused-ring (bicyclic) bond motifs is 1. The van der Waals surface area contributed by atoms with Gasteiger partial charge in [0, 0.05) is 0 Å². The van der Waals surface area contributed by atoms with Crippen molar-refractivity contribution in [1.82, 2.24) is 0 Å². The Morgan fingerprint density at radius 2 is 1.46 bits per heavy atom. The third-order valence-corrected chi connectivity index (χ3v) is 4.62. The van der Waals surface area contributed by atoms with Gasteiger partial charge >= 0.3 is 11.9 Å². The van der Waals surface area contributed by atoms with Crippen molar-refractivity contribution in [2.75, 3.05) is 20.0 Å². The summed E-state index contributed by atoms with van der Waals surface area (Å²) in [6, 6.07) is 14.8. The zero-order valence-corrected chi connectivity index (χ0v) is 16.1. The zero-order valence-electron chi connectivity index (χ0n) is 16.1. The van der Waals surface area contributed by atoms with Crippen LogP contribution in [0.25, 0.3) is 0 Å². The predicted molar refractivity (Wildman–Crippen MR) is 102 cm³/mol. The van der Waals surface area contributed by atoms with E-state index in [1.54, 1.807) is 26.0 Å². The van der Waals surface area contributed by atoms with Crippen LogP contribution in [0.1, 0.15) is 25.0 Å². The van der Waals surface area contributed by atoms with Crippen LogP contribution in [0.15, 0.2) is 48.5 Å². The Morgan fingerprint density at radius 1 is 0.857 bits per heavy atom. The van der Waals surface area contributed by atoms with Gasteiger partial charge < -0.3 is 18.9 Å². The number of rotatable bonds is 8. The molecule has 1 aliphatic rings. The van der Waals surface area contributed by atoms with Gasteiger partial charge in [-0.1, -0.05) is 36.4 Å². The van der Waals surface area contributed by atoms with Gasteiger partial charge in [-0.25, -0.2) is 0 Å². The van der Waals surface area contributed by atoms with Gasteiger partial charge in [-0.2, -0.15) is 0 Å². The molecular formula is C22H24O6. The monoisotopic (exact) mass is 384 g/mol. The lowest BCUT2D eigenvalue weighted by molar-refractivity contribution is -0.172. The molecule has 0 aromatic heterocycles. The van der Waals surface area contributed by atoms with E-state index in [9.17, 15) is 9.59 Å². The Bertz CT molecular complexity index is 812. The second-order valence-corrected chi connectivity index (χ2v) is 6.55. The Balaban J connectivity index is 2.01. The normalized spacial score (nSPS) is 12.5. The summed E-state index contributed by atoms with van der Waals surface area (Å²) in [7, 11) is 0. The van der Waals surface area contributed by atoms with E-state index >= 15 is 0 Å². The fourth-order valence-electron chi connectivity index (χ4n) is 3.32. The van der Waals surface area contributed by atoms with E-state index in [2.05, 4.69) is 0 Å². The SMILES string of the molecule is CCOC(=O)C(Cc1ccccc1)(Cc1ccc2c(c1)OCO2)C(=O)OCC. The summed E-state index contributed by atoms with van der Waals surface area (Å²) in [6.45, 7) is 3.95. The van der Waals surface area contributed by atoms with Crippen LogP contribution in [0.5, 0.6) is 11.5 Å². The quantitative estimate of drug-likeness (QED) is 0.514. The molecule has 1 heterocycles. The maximum absolute atomic E-state index is 13.0. The minimum Gasteiger partial charge on any atom is -0.465 e. The molecule has 3 rings (SSSR count). The van der Waals surface area contributed by atoms with Gasteiger partial charge in [0.05, 0.1) is 13.2 Å². The third kappa shape index (κ3) is 4.11. The van der Waals surface area contributed by atoms with Gasteiger partial charge in [-0.15, -0.1) is 0 Å². The average molecular weight is 384 g/mol. The Labute approximate surface area is 164 Å². The van der Waals surface area contributed by atoms with Crippen LogP contribution in [0.4, 0.5) is 0 Å². The maximum atomic E-state index is 13.0. The molecule has 2 aromatic carbocycles. The van der Waals surface area contributed by atoms with Crippen molar-refractivity contribution in [2.24, 2.45) is 5.41 Å². The molecule has 0 bridgehead atoms. The van der Waals surface area contributed by atoms with Crippen molar-refractivity contribution < 1.29 is 28.5 Å². The molecule has 0 aliphatic carbocycles. The molecular weight excluding hydrogens is 360 g/mol. The number of hydrogen-bond donors (Lipinski definition) is 0. The number of benzene rings is 2. The van der Waals surface area contributed by atoms with Crippen LogP contribution in [-0.4, -0.2) is 31.9 Å². The van der Waals surface area contributed by atoms with Crippen molar-refractivity contribution in [2.45, 2.75) is 26.7 Å². The van der Waals surface area contributed by atoms with Gasteiger partial charge in [-0.3, -0.25) is 9.59 Å². The average Bonchev–Trinajstić information content (AvgIpc) is 3.16. The molecule has 0 atom stereocenters. The molecule has 0 N–H and O–H groups in total. The van der Waals surface area contributed by atoms with Crippen LogP contribution >= 0.6 is 0 Å². The minimum atomic E-state index is -1.49. The molecule has 6 heteroatoms. The van der Waals surface area contributed by atoms with Crippen molar-refractivity contribution in [3.63, 3.8) is 0 Å². The van der Waals surface area contributed by atoms with E-state index in [0.29, 0.717) is 11.5 Å². The molecule has 0 radical (unpaired) electrons. The smallest absolute Gasteiger partial charge is 0.324 e. The third-order valence-electron chi connectivity index (χ3n) is 4.62. The van der Waals surface area contributed by atoms with Gasteiger partial charge in [0.15, 0.2) is 16.9 Å². The van der Waals surface area contributed by atoms with Crippen LogP contribution in [0, 0.1) is 5.41 Å². The number of esters is 2. The van der Waals surface area contributed by atoms with Crippen molar-refractivity contribution >= 4 is 11.9 Å². The summed E-state index contributed by atoms with van der Waals surface area (Å²) >= 11 is 0. The largest absolute Gasteiger partial charge is 0.465 e. The Hall–Kier alpha value is -3.02. The van der Waals surface area contributed by atoms with Crippen molar-refractivity contribution in [3.05, 3.63) is 59.7 Å². The molecule has 0 fully saturated rings. The van der Waals surface area contributed by atoms with Gasteiger partial charge in [0.2, 0.25) is 6.79 Å². The van der Waals surface area contributed by atoms with Crippen LogP contribution < -0.4 is 9.47 Å². The van der Waals surface area contributed by atoms with E-state index in [1.807, 2.05) is 36.4 Å². The highest BCUT2D eigenvalue weighted by molar-refractivity contribution is 6.00. The highest BCUT2D eigenvalue weighted by atomic mass is 16.7. The first-order valence-electron chi connectivity index (χ1n) is 9.36. The van der Waals surface area contributed by atoms with E-state index in [0.717, 1.165) is 11.1 Å². The first kappa shape index (κ1) is 19.7. The topological polar surface area (TPSA) is 71.1 Å². The van der Waals surface area contributed by atoms with E-state index in [-0.39, 0.29) is 32.8 Å². The summed E-state index contributed by atoms with van der Waals surface area (Å²) in [5.41, 5.74) is 0.131. The second-order valence-electron chi connectivity index (χ2n) is 6.55. The molecule has 2 aromatic rings. The second kappa shape index (κ2) is 8.78. The van der Waals surface area contributed by atoms with Crippen LogP contribution in [-0.2, 0) is 31.9 Å². The number of hydrogen-bond acceptors (Lipinski definition) is 6. The molecule has 0 amide bonds. The lowest BCUT2D eigenvalue weighted by Crippen LogP contribution is -2.45. The summed E-state index contributed by atoms with van der Waals surface area (Å²) < 4.78 is 21.4. The lowest BCUT2D eigenvalue weighted by Gasteiger charge is -2.29. The fourth-order valence-corrected chi connectivity index (χ4v) is 3.32. The highest BCUT2D eigenvalue weighted by Crippen LogP contribution is 2.37. The van der Waals surface area contributed by atoms with Gasteiger partial charge in [-0.05, 0) is 49.9 Å². The van der Waals surface area contributed by atoms with Crippen molar-refractivity contribution in [3.8, 4) is 11.5 Å². The van der Waals surface area contributed by atoms with E-state index in [1.165, 1.54) is 0 Å². The first-order chi connectivity index (χ1) is 13.6.